The number of alkyl halides is 3. The second-order valence-corrected chi connectivity index (χ2v) is 20.2. The van der Waals surface area contributed by atoms with Crippen molar-refractivity contribution in [2.45, 2.75) is 69.5 Å². The van der Waals surface area contributed by atoms with Gasteiger partial charge >= 0.3 is 12.2 Å². The molecule has 4 aliphatic heterocycles. The minimum atomic E-state index is -4.66. The van der Waals surface area contributed by atoms with E-state index >= 15 is 4.39 Å². The van der Waals surface area contributed by atoms with Crippen LogP contribution in [-0.4, -0.2) is 162 Å². The molecule has 0 aliphatic carbocycles. The van der Waals surface area contributed by atoms with E-state index in [2.05, 4.69) is 53.1 Å². The van der Waals surface area contributed by atoms with E-state index in [0.29, 0.717) is 70.4 Å². The number of phenols is 3. The van der Waals surface area contributed by atoms with Crippen LogP contribution in [0, 0.1) is 18.2 Å². The van der Waals surface area contributed by atoms with E-state index in [1.807, 2.05) is 30.4 Å². The van der Waals surface area contributed by atoms with Crippen LogP contribution in [0.25, 0.3) is 50.0 Å². The van der Waals surface area contributed by atoms with Crippen molar-refractivity contribution in [1.82, 2.24) is 55.0 Å². The van der Waals surface area contributed by atoms with Crippen LogP contribution < -0.4 is 20.3 Å². The predicted octanol–water partition coefficient (Wildman–Crippen LogP) is 6.39. The molecule has 0 radical (unpaired) electrons. The third-order valence-electron chi connectivity index (χ3n) is 15.3. The molecule has 7 heterocycles. The summed E-state index contributed by atoms with van der Waals surface area (Å²) in [7, 11) is 2.08. The van der Waals surface area contributed by atoms with Crippen LogP contribution in [0.4, 0.5) is 23.4 Å². The molecule has 4 fully saturated rings. The summed E-state index contributed by atoms with van der Waals surface area (Å²) in [6.07, 6.45) is 6.19. The lowest BCUT2D eigenvalue weighted by molar-refractivity contribution is -0.123. The first-order valence-corrected chi connectivity index (χ1v) is 25.5. The number of hydrogen-bond acceptors (Lipinski definition) is 15. The molecule has 4 atom stereocenters. The van der Waals surface area contributed by atoms with E-state index < -0.39 is 30.3 Å². The normalized spacial score (nSPS) is 20.4. The molecule has 4 saturated heterocycles. The first-order valence-electron chi connectivity index (χ1n) is 25.5. The van der Waals surface area contributed by atoms with Crippen molar-refractivity contribution in [3.05, 3.63) is 101 Å². The van der Waals surface area contributed by atoms with Gasteiger partial charge in [-0.25, -0.2) is 4.39 Å². The highest BCUT2D eigenvalue weighted by atomic mass is 19.4. The number of carbonyl (C=O) groups excluding carboxylic acids is 1. The number of aromatic hydroxyl groups is 3. The van der Waals surface area contributed by atoms with Crippen molar-refractivity contribution < 1.29 is 42.4 Å². The lowest BCUT2D eigenvalue weighted by atomic mass is 9.96. The third kappa shape index (κ3) is 10.0. The lowest BCUT2D eigenvalue weighted by Crippen LogP contribution is -2.51. The number of benzene rings is 4. The Labute approximate surface area is 435 Å². The number of piperazine rings is 2. The molecule has 0 saturated carbocycles. The molecular formula is C55H56F4N12O5. The monoisotopic (exact) mass is 1040 g/mol. The Bertz CT molecular complexity index is 3390. The summed E-state index contributed by atoms with van der Waals surface area (Å²) < 4.78 is 64.3. The zero-order valence-corrected chi connectivity index (χ0v) is 41.9. The first kappa shape index (κ1) is 50.5. The fraction of sp³-hybridized carbons (Fsp3) is 0.382. The number of fused-ring (bicyclic) bond motifs is 4. The SMILES string of the molecule is C#Cc1cccc2cc(O)cc(-c3ncc4c(N5CC6CCC(C5)N6)nc(OC[C@@H]5C[C@H](N6CCN(Cc7ccc(-n8c(C(=O)NCC(F)(F)F)nnc8-c8cc(CC)c(O)cc8O)cc7)CC6)CN5C)nc4c3F)c12. The minimum Gasteiger partial charge on any atom is -0.508 e. The number of aromatic nitrogens is 6. The number of nitrogens with one attached hydrogen (secondary N) is 2. The highest BCUT2D eigenvalue weighted by Gasteiger charge is 2.37. The summed E-state index contributed by atoms with van der Waals surface area (Å²) in [6, 6.07) is 19.3. The van der Waals surface area contributed by atoms with Gasteiger partial charge in [-0.1, -0.05) is 37.1 Å². The van der Waals surface area contributed by atoms with Crippen molar-refractivity contribution in [2.75, 3.05) is 70.9 Å². The maximum atomic E-state index is 17.2. The number of rotatable bonds is 13. The van der Waals surface area contributed by atoms with Crippen molar-refractivity contribution in [2.24, 2.45) is 0 Å². The van der Waals surface area contributed by atoms with E-state index in [9.17, 15) is 33.3 Å². The van der Waals surface area contributed by atoms with Crippen LogP contribution in [0.5, 0.6) is 23.3 Å². The third-order valence-corrected chi connectivity index (χ3v) is 15.3. The molecule has 21 heteroatoms. The number of likely N-dealkylation sites (N-methyl/N-ethyl adjacent to an activating group) is 1. The lowest BCUT2D eigenvalue weighted by Gasteiger charge is -2.38. The summed E-state index contributed by atoms with van der Waals surface area (Å²) in [4.78, 5) is 36.7. The van der Waals surface area contributed by atoms with E-state index in [1.165, 1.54) is 16.7 Å². The zero-order valence-electron chi connectivity index (χ0n) is 41.9. The Hall–Kier alpha value is -7.64. The van der Waals surface area contributed by atoms with Crippen LogP contribution in [-0.2, 0) is 13.0 Å². The number of terminal acetylenes is 1. The van der Waals surface area contributed by atoms with Gasteiger partial charge in [0.1, 0.15) is 47.4 Å². The molecule has 4 aliphatic rings. The van der Waals surface area contributed by atoms with Crippen LogP contribution >= 0.6 is 0 Å². The Kier molecular flexibility index (Phi) is 13.6. The van der Waals surface area contributed by atoms with Gasteiger partial charge in [-0.2, -0.15) is 23.1 Å². The number of hydrogen-bond donors (Lipinski definition) is 5. The number of anilines is 1. The number of phenolic OH excluding ortho intramolecular Hbond substituents is 3. The number of nitrogens with zero attached hydrogens (tertiary/aromatic N) is 10. The molecule has 394 valence electrons. The van der Waals surface area contributed by atoms with E-state index in [1.54, 1.807) is 36.5 Å². The number of amides is 1. The fourth-order valence-corrected chi connectivity index (χ4v) is 11.4. The number of ether oxygens (including phenoxy) is 1. The zero-order chi connectivity index (χ0) is 53.0. The number of pyridine rings is 1. The molecular weight excluding hydrogens is 985 g/mol. The van der Waals surface area contributed by atoms with E-state index in [4.69, 9.17) is 21.1 Å². The first-order chi connectivity index (χ1) is 36.6. The van der Waals surface area contributed by atoms with Crippen LogP contribution in [0.3, 0.4) is 0 Å². The molecule has 5 N–H and O–H groups in total. The number of aryl methyl sites for hydroxylation is 1. The number of carbonyl (C=O) groups is 1. The molecule has 17 nitrogen and oxygen atoms in total. The second-order valence-electron chi connectivity index (χ2n) is 20.2. The molecule has 7 aromatic rings. The van der Waals surface area contributed by atoms with Gasteiger partial charge in [0.05, 0.1) is 10.9 Å². The molecule has 0 spiro atoms. The van der Waals surface area contributed by atoms with Crippen molar-refractivity contribution >= 4 is 33.4 Å². The molecule has 4 aromatic carbocycles. The van der Waals surface area contributed by atoms with Crippen LogP contribution in [0.15, 0.2) is 72.9 Å². The average molecular weight is 1040 g/mol. The van der Waals surface area contributed by atoms with E-state index in [-0.39, 0.29) is 76.6 Å². The largest absolute Gasteiger partial charge is 0.508 e. The van der Waals surface area contributed by atoms with Gasteiger partial charge in [-0.05, 0) is 85.6 Å². The minimum absolute atomic E-state index is 0.00921. The second kappa shape index (κ2) is 20.5. The van der Waals surface area contributed by atoms with Gasteiger partial charge in [0, 0.05) is 111 Å². The van der Waals surface area contributed by atoms with Gasteiger partial charge in [-0.15, -0.1) is 16.6 Å². The van der Waals surface area contributed by atoms with Gasteiger partial charge in [-0.3, -0.25) is 29.0 Å². The van der Waals surface area contributed by atoms with Gasteiger partial charge in [0.2, 0.25) is 5.82 Å². The van der Waals surface area contributed by atoms with Crippen LogP contribution in [0.2, 0.25) is 0 Å². The smallest absolute Gasteiger partial charge is 0.405 e. The van der Waals surface area contributed by atoms with Crippen molar-refractivity contribution in [1.29, 1.82) is 0 Å². The molecule has 3 aromatic heterocycles. The summed E-state index contributed by atoms with van der Waals surface area (Å²) in [5, 5.41) is 47.2. The number of likely N-dealkylation sites (tertiary alicyclic amines) is 1. The molecule has 2 unspecified atom stereocenters. The van der Waals surface area contributed by atoms with Gasteiger partial charge < -0.3 is 35.6 Å². The highest BCUT2D eigenvalue weighted by Crippen LogP contribution is 2.40. The topological polar surface area (TPSA) is 193 Å². The maximum Gasteiger partial charge on any atom is 0.405 e. The standard InChI is InChI=1S/C55H56F4N12O5/c1-4-32-7-6-8-34-19-40(72)22-42(46(32)34)48-47(56)49-43(24-60-48)50(70-26-35-11-12-36(27-70)62-35)64-54(63-49)76-29-39-21-38(28-67(39)3)69-17-15-68(16-18-69)25-31-9-13-37(14-10-31)71-51(41-20-33(5-2)44(73)23-45(41)74)65-66-52(71)53(75)61-30-55(57,58)59/h1,6-10,13-14,19-20,22-24,35-36,38-39,62,72-74H,5,11-12,15-18,21,25-30H2,2-3H3,(H,61,75)/t35?,36?,38-,39-/m0/s1. The summed E-state index contributed by atoms with van der Waals surface area (Å²) in [6.45, 7) is 6.63. The molecule has 76 heavy (non-hydrogen) atoms. The molecule has 2 bridgehead atoms. The summed E-state index contributed by atoms with van der Waals surface area (Å²) in [5.74, 6) is 0.574. The van der Waals surface area contributed by atoms with E-state index in [0.717, 1.165) is 63.6 Å². The van der Waals surface area contributed by atoms with Crippen LogP contribution in [0.1, 0.15) is 53.5 Å². The maximum absolute atomic E-state index is 17.2. The molecule has 11 rings (SSSR count). The summed E-state index contributed by atoms with van der Waals surface area (Å²) >= 11 is 0. The average Bonchev–Trinajstić information content (AvgIpc) is 4.13. The Morgan fingerprint density at radius 3 is 2.42 bits per heavy atom. The summed E-state index contributed by atoms with van der Waals surface area (Å²) in [5.41, 5.74) is 2.96. The van der Waals surface area contributed by atoms with Crippen molar-refractivity contribution in [3.8, 4) is 63.9 Å². The van der Waals surface area contributed by atoms with Crippen molar-refractivity contribution in [3.63, 3.8) is 0 Å². The van der Waals surface area contributed by atoms with Gasteiger partial charge in [0.15, 0.2) is 11.6 Å². The highest BCUT2D eigenvalue weighted by molar-refractivity contribution is 6.03. The predicted molar refractivity (Wildman–Crippen MR) is 277 cm³/mol. The Morgan fingerprint density at radius 1 is 0.934 bits per heavy atom. The number of halogens is 4. The quantitative estimate of drug-likeness (QED) is 0.0630. The Balaban J connectivity index is 0.768. The Morgan fingerprint density at radius 2 is 1.70 bits per heavy atom. The fourth-order valence-electron chi connectivity index (χ4n) is 11.4. The molecule has 1 amide bonds. The van der Waals surface area contributed by atoms with Gasteiger partial charge in [0.25, 0.3) is 5.91 Å².